The fraction of sp³-hybridized carbons (Fsp3) is 0.529. The average Bonchev–Trinajstić information content (AvgIpc) is 2.88. The third-order valence-corrected chi connectivity index (χ3v) is 4.34. The topological polar surface area (TPSA) is 53.1 Å². The minimum atomic E-state index is -0.435. The van der Waals surface area contributed by atoms with Crippen LogP contribution in [0.4, 0.5) is 14.9 Å². The molecule has 2 heterocycles. The lowest BCUT2D eigenvalue weighted by atomic mass is 10.2. The van der Waals surface area contributed by atoms with Crippen molar-refractivity contribution in [2.24, 2.45) is 0 Å². The standard InChI is InChI=1S/C17H22FN3O3/c1-12-9-20(10-13(2)24-12)16(22)11-19-7-8-21(17(19)23)15-6-4-3-5-14(15)18/h3-6,12-13H,7-11H2,1-2H3. The van der Waals surface area contributed by atoms with Crippen LogP contribution in [0.2, 0.25) is 0 Å². The van der Waals surface area contributed by atoms with E-state index in [0.717, 1.165) is 0 Å². The van der Waals surface area contributed by atoms with Gasteiger partial charge in [-0.05, 0) is 26.0 Å². The van der Waals surface area contributed by atoms with Crippen LogP contribution in [-0.2, 0) is 9.53 Å². The zero-order chi connectivity index (χ0) is 17.3. The second-order valence-corrected chi connectivity index (χ2v) is 6.36. The van der Waals surface area contributed by atoms with Gasteiger partial charge in [0.25, 0.3) is 0 Å². The van der Waals surface area contributed by atoms with E-state index < -0.39 is 5.82 Å². The molecule has 0 aliphatic carbocycles. The van der Waals surface area contributed by atoms with Gasteiger partial charge in [-0.25, -0.2) is 9.18 Å². The molecular weight excluding hydrogens is 313 g/mol. The molecule has 130 valence electrons. The number of benzene rings is 1. The number of para-hydroxylation sites is 1. The van der Waals surface area contributed by atoms with Gasteiger partial charge >= 0.3 is 6.03 Å². The number of anilines is 1. The van der Waals surface area contributed by atoms with Crippen LogP contribution < -0.4 is 4.90 Å². The van der Waals surface area contributed by atoms with E-state index in [2.05, 4.69) is 0 Å². The second-order valence-electron chi connectivity index (χ2n) is 6.36. The molecule has 3 amide bonds. The Hall–Kier alpha value is -2.15. The Kier molecular flexibility index (Phi) is 4.71. The second kappa shape index (κ2) is 6.76. The molecule has 2 atom stereocenters. The van der Waals surface area contributed by atoms with E-state index in [0.29, 0.717) is 26.2 Å². The Labute approximate surface area is 140 Å². The summed E-state index contributed by atoms with van der Waals surface area (Å²) in [6.07, 6.45) is -0.0243. The number of hydrogen-bond acceptors (Lipinski definition) is 3. The number of amides is 3. The summed E-state index contributed by atoms with van der Waals surface area (Å²) >= 11 is 0. The molecule has 0 radical (unpaired) electrons. The maximum absolute atomic E-state index is 13.9. The van der Waals surface area contributed by atoms with Crippen molar-refractivity contribution >= 4 is 17.6 Å². The highest BCUT2D eigenvalue weighted by atomic mass is 19.1. The molecule has 1 aromatic carbocycles. The largest absolute Gasteiger partial charge is 0.372 e. The van der Waals surface area contributed by atoms with Gasteiger partial charge in [0, 0.05) is 26.2 Å². The normalized spacial score (nSPS) is 24.6. The van der Waals surface area contributed by atoms with Gasteiger partial charge in [-0.1, -0.05) is 12.1 Å². The molecule has 0 bridgehead atoms. The van der Waals surface area contributed by atoms with Gasteiger partial charge in [0.05, 0.1) is 17.9 Å². The third kappa shape index (κ3) is 3.36. The summed E-state index contributed by atoms with van der Waals surface area (Å²) in [5.74, 6) is -0.532. The fourth-order valence-electron chi connectivity index (χ4n) is 3.27. The Balaban J connectivity index is 1.64. The lowest BCUT2D eigenvalue weighted by Crippen LogP contribution is -2.51. The van der Waals surface area contributed by atoms with Crippen molar-refractivity contribution in [3.63, 3.8) is 0 Å². The van der Waals surface area contributed by atoms with Crippen LogP contribution in [0.15, 0.2) is 24.3 Å². The van der Waals surface area contributed by atoms with E-state index in [1.165, 1.54) is 15.9 Å². The third-order valence-electron chi connectivity index (χ3n) is 4.34. The molecule has 2 fully saturated rings. The van der Waals surface area contributed by atoms with Crippen molar-refractivity contribution < 1.29 is 18.7 Å². The Bertz CT molecular complexity index is 629. The molecular formula is C17H22FN3O3. The molecule has 2 saturated heterocycles. The quantitative estimate of drug-likeness (QED) is 0.845. The summed E-state index contributed by atoms with van der Waals surface area (Å²) in [6, 6.07) is 5.84. The van der Waals surface area contributed by atoms with Crippen molar-refractivity contribution in [3.8, 4) is 0 Å². The number of carbonyl (C=O) groups excluding carboxylic acids is 2. The van der Waals surface area contributed by atoms with Crippen molar-refractivity contribution in [2.45, 2.75) is 26.1 Å². The van der Waals surface area contributed by atoms with Crippen molar-refractivity contribution in [3.05, 3.63) is 30.1 Å². The Morgan fingerprint density at radius 3 is 2.54 bits per heavy atom. The number of ether oxygens (including phenoxy) is 1. The van der Waals surface area contributed by atoms with E-state index in [9.17, 15) is 14.0 Å². The van der Waals surface area contributed by atoms with E-state index in [4.69, 9.17) is 4.74 Å². The molecule has 0 saturated carbocycles. The van der Waals surface area contributed by atoms with Gasteiger partial charge in [-0.3, -0.25) is 9.69 Å². The van der Waals surface area contributed by atoms with Crippen molar-refractivity contribution in [2.75, 3.05) is 37.6 Å². The summed E-state index contributed by atoms with van der Waals surface area (Å²) in [5, 5.41) is 0. The predicted molar refractivity (Wildman–Crippen MR) is 87.3 cm³/mol. The number of morpholine rings is 1. The molecule has 2 unspecified atom stereocenters. The first-order chi connectivity index (χ1) is 11.5. The van der Waals surface area contributed by atoms with E-state index in [-0.39, 0.29) is 36.4 Å². The highest BCUT2D eigenvalue weighted by Crippen LogP contribution is 2.23. The zero-order valence-corrected chi connectivity index (χ0v) is 13.9. The lowest BCUT2D eigenvalue weighted by molar-refractivity contribution is -0.143. The highest BCUT2D eigenvalue weighted by molar-refractivity contribution is 5.96. The Morgan fingerprint density at radius 2 is 1.88 bits per heavy atom. The summed E-state index contributed by atoms with van der Waals surface area (Å²) in [6.45, 7) is 5.72. The molecule has 7 heteroatoms. The first-order valence-electron chi connectivity index (χ1n) is 8.20. The molecule has 2 aliphatic rings. The Morgan fingerprint density at radius 1 is 1.21 bits per heavy atom. The fourth-order valence-corrected chi connectivity index (χ4v) is 3.27. The van der Waals surface area contributed by atoms with E-state index in [1.807, 2.05) is 13.8 Å². The van der Waals surface area contributed by atoms with Gasteiger partial charge in [-0.2, -0.15) is 0 Å². The summed E-state index contributed by atoms with van der Waals surface area (Å²) < 4.78 is 19.5. The molecule has 0 N–H and O–H groups in total. The number of urea groups is 1. The highest BCUT2D eigenvalue weighted by Gasteiger charge is 2.34. The lowest BCUT2D eigenvalue weighted by Gasteiger charge is -2.36. The van der Waals surface area contributed by atoms with Crippen LogP contribution in [0.1, 0.15) is 13.8 Å². The van der Waals surface area contributed by atoms with Crippen LogP contribution in [-0.4, -0.2) is 66.7 Å². The summed E-state index contributed by atoms with van der Waals surface area (Å²) in [4.78, 5) is 29.6. The first-order valence-corrected chi connectivity index (χ1v) is 8.20. The summed E-state index contributed by atoms with van der Waals surface area (Å²) in [5.41, 5.74) is 0.256. The van der Waals surface area contributed by atoms with Gasteiger partial charge in [0.15, 0.2) is 0 Å². The minimum Gasteiger partial charge on any atom is -0.372 e. The number of nitrogens with zero attached hydrogens (tertiary/aromatic N) is 3. The number of carbonyl (C=O) groups is 2. The molecule has 2 aliphatic heterocycles. The maximum atomic E-state index is 13.9. The van der Waals surface area contributed by atoms with Gasteiger partial charge in [0.2, 0.25) is 5.91 Å². The van der Waals surface area contributed by atoms with Gasteiger partial charge in [-0.15, -0.1) is 0 Å². The molecule has 3 rings (SSSR count). The van der Waals surface area contributed by atoms with Crippen molar-refractivity contribution in [1.29, 1.82) is 0 Å². The first kappa shape index (κ1) is 16.7. The molecule has 0 aromatic heterocycles. The minimum absolute atomic E-state index is 0.0121. The molecule has 6 nitrogen and oxygen atoms in total. The van der Waals surface area contributed by atoms with Gasteiger partial charge in [0.1, 0.15) is 12.4 Å². The number of rotatable bonds is 3. The van der Waals surface area contributed by atoms with Crippen LogP contribution in [0.25, 0.3) is 0 Å². The van der Waals surface area contributed by atoms with Crippen LogP contribution in [0.3, 0.4) is 0 Å². The molecule has 24 heavy (non-hydrogen) atoms. The number of hydrogen-bond donors (Lipinski definition) is 0. The van der Waals surface area contributed by atoms with Crippen LogP contribution in [0, 0.1) is 5.82 Å². The SMILES string of the molecule is CC1CN(C(=O)CN2CCN(c3ccccc3F)C2=O)CC(C)O1. The molecule has 0 spiro atoms. The van der Waals surface area contributed by atoms with E-state index >= 15 is 0 Å². The van der Waals surface area contributed by atoms with Crippen LogP contribution in [0.5, 0.6) is 0 Å². The van der Waals surface area contributed by atoms with Crippen molar-refractivity contribution in [1.82, 2.24) is 9.80 Å². The smallest absolute Gasteiger partial charge is 0.325 e. The predicted octanol–water partition coefficient (Wildman–Crippen LogP) is 1.70. The van der Waals surface area contributed by atoms with E-state index in [1.54, 1.807) is 23.1 Å². The molecule has 1 aromatic rings. The maximum Gasteiger partial charge on any atom is 0.325 e. The van der Waals surface area contributed by atoms with Crippen LogP contribution >= 0.6 is 0 Å². The number of halogens is 1. The average molecular weight is 335 g/mol. The monoisotopic (exact) mass is 335 g/mol. The zero-order valence-electron chi connectivity index (χ0n) is 13.9. The van der Waals surface area contributed by atoms with Gasteiger partial charge < -0.3 is 14.5 Å². The summed E-state index contributed by atoms with van der Waals surface area (Å²) in [7, 11) is 0.